The molecule has 0 spiro atoms. The molecule has 0 amide bonds. The van der Waals surface area contributed by atoms with Crippen molar-refractivity contribution < 1.29 is 0 Å². The Kier molecular flexibility index (Phi) is 3.54. The molecule has 0 aromatic heterocycles. The molecule has 0 radical (unpaired) electrons. The lowest BCUT2D eigenvalue weighted by molar-refractivity contribution is 1.64. The van der Waals surface area contributed by atoms with E-state index < -0.39 is 0 Å². The van der Waals surface area contributed by atoms with Gasteiger partial charge in [-0.2, -0.15) is 0 Å². The molecular weight excluding hydrogens is 312 g/mol. The molecule has 0 aliphatic rings. The fourth-order valence-electron chi connectivity index (χ4n) is 3.80. The summed E-state index contributed by atoms with van der Waals surface area (Å²) in [6.07, 6.45) is 0. The van der Waals surface area contributed by atoms with Crippen LogP contribution in [0.3, 0.4) is 0 Å². The van der Waals surface area contributed by atoms with Crippen molar-refractivity contribution in [2.24, 2.45) is 0 Å². The molecular formula is C26H18. The number of hydrogen-bond donors (Lipinski definition) is 0. The monoisotopic (exact) mass is 330 g/mol. The standard InChI is InChI=1S/C26H18/c1-2-9-20(10-3-1)24-14-6-12-21-13-7-15-25(26(21)24)23-17-16-19-8-4-5-11-22(19)18-23/h1-18H. The van der Waals surface area contributed by atoms with Crippen molar-refractivity contribution >= 4 is 21.5 Å². The number of rotatable bonds is 2. The molecule has 0 aliphatic heterocycles. The Morgan fingerprint density at radius 3 is 1.73 bits per heavy atom. The average Bonchev–Trinajstić information content (AvgIpc) is 2.73. The third-order valence-electron chi connectivity index (χ3n) is 5.05. The van der Waals surface area contributed by atoms with Crippen molar-refractivity contribution in [1.29, 1.82) is 0 Å². The van der Waals surface area contributed by atoms with Crippen LogP contribution in [0.25, 0.3) is 43.8 Å². The lowest BCUT2D eigenvalue weighted by Crippen LogP contribution is -1.86. The minimum atomic E-state index is 1.26. The Hall–Kier alpha value is -3.38. The third-order valence-corrected chi connectivity index (χ3v) is 5.05. The third kappa shape index (κ3) is 2.48. The van der Waals surface area contributed by atoms with Gasteiger partial charge in [-0.05, 0) is 49.9 Å². The van der Waals surface area contributed by atoms with Crippen LogP contribution >= 0.6 is 0 Å². The molecule has 0 heterocycles. The highest BCUT2D eigenvalue weighted by Gasteiger charge is 2.10. The van der Waals surface area contributed by atoms with Crippen LogP contribution in [0.15, 0.2) is 109 Å². The molecule has 0 heteroatoms. The van der Waals surface area contributed by atoms with Gasteiger partial charge in [-0.15, -0.1) is 0 Å². The van der Waals surface area contributed by atoms with Crippen LogP contribution in [0.2, 0.25) is 0 Å². The molecule has 0 aliphatic carbocycles. The zero-order valence-corrected chi connectivity index (χ0v) is 14.4. The van der Waals surface area contributed by atoms with E-state index in [9.17, 15) is 0 Å². The number of hydrogen-bond acceptors (Lipinski definition) is 0. The highest BCUT2D eigenvalue weighted by Crippen LogP contribution is 2.37. The zero-order chi connectivity index (χ0) is 17.3. The predicted molar refractivity (Wildman–Crippen MR) is 112 cm³/mol. The molecule has 5 rings (SSSR count). The van der Waals surface area contributed by atoms with Crippen LogP contribution in [0.4, 0.5) is 0 Å². The number of fused-ring (bicyclic) bond motifs is 2. The fraction of sp³-hybridized carbons (Fsp3) is 0. The molecule has 0 N–H and O–H groups in total. The maximum atomic E-state index is 2.30. The Bertz CT molecular complexity index is 1210. The normalized spacial score (nSPS) is 11.1. The lowest BCUT2D eigenvalue weighted by Gasteiger charge is -2.13. The maximum absolute atomic E-state index is 2.30. The summed E-state index contributed by atoms with van der Waals surface area (Å²) in [5.41, 5.74) is 5.09. The summed E-state index contributed by atoms with van der Waals surface area (Å²) < 4.78 is 0. The van der Waals surface area contributed by atoms with Gasteiger partial charge in [0.25, 0.3) is 0 Å². The zero-order valence-electron chi connectivity index (χ0n) is 14.4. The molecule has 0 nitrogen and oxygen atoms in total. The highest BCUT2D eigenvalue weighted by atomic mass is 14.1. The van der Waals surface area contributed by atoms with E-state index in [1.807, 2.05) is 0 Å². The van der Waals surface area contributed by atoms with Gasteiger partial charge >= 0.3 is 0 Å². The van der Waals surface area contributed by atoms with Gasteiger partial charge in [0.05, 0.1) is 0 Å². The minimum Gasteiger partial charge on any atom is -0.0622 e. The maximum Gasteiger partial charge on any atom is -0.00268 e. The summed E-state index contributed by atoms with van der Waals surface area (Å²) in [6.45, 7) is 0. The SMILES string of the molecule is c1ccc(-c2cccc3cccc(-c4ccc5ccccc5c4)c23)cc1. The Labute approximate surface area is 153 Å². The van der Waals surface area contributed by atoms with Gasteiger partial charge in [0.2, 0.25) is 0 Å². The van der Waals surface area contributed by atoms with E-state index >= 15 is 0 Å². The summed E-state index contributed by atoms with van der Waals surface area (Å²) >= 11 is 0. The smallest absolute Gasteiger partial charge is 0.00268 e. The first-order valence-electron chi connectivity index (χ1n) is 8.96. The second-order valence-electron chi connectivity index (χ2n) is 6.64. The molecule has 0 unspecified atom stereocenters. The summed E-state index contributed by atoms with van der Waals surface area (Å²) in [7, 11) is 0. The van der Waals surface area contributed by atoms with Gasteiger partial charge in [0, 0.05) is 0 Å². The van der Waals surface area contributed by atoms with Crippen molar-refractivity contribution in [3.05, 3.63) is 109 Å². The van der Waals surface area contributed by atoms with Crippen molar-refractivity contribution in [3.8, 4) is 22.3 Å². The van der Waals surface area contributed by atoms with Crippen molar-refractivity contribution in [1.82, 2.24) is 0 Å². The van der Waals surface area contributed by atoms with Crippen LogP contribution in [-0.4, -0.2) is 0 Å². The second-order valence-corrected chi connectivity index (χ2v) is 6.64. The van der Waals surface area contributed by atoms with Crippen LogP contribution in [-0.2, 0) is 0 Å². The van der Waals surface area contributed by atoms with Gasteiger partial charge in [-0.1, -0.05) is 103 Å². The molecule has 5 aromatic rings. The molecule has 5 aromatic carbocycles. The Morgan fingerprint density at radius 2 is 0.962 bits per heavy atom. The predicted octanol–water partition coefficient (Wildman–Crippen LogP) is 7.33. The Balaban J connectivity index is 1.82. The minimum absolute atomic E-state index is 1.26. The first-order chi connectivity index (χ1) is 12.9. The van der Waals surface area contributed by atoms with Crippen LogP contribution in [0.5, 0.6) is 0 Å². The largest absolute Gasteiger partial charge is 0.0622 e. The molecule has 0 atom stereocenters. The van der Waals surface area contributed by atoms with E-state index in [1.54, 1.807) is 0 Å². The first kappa shape index (κ1) is 14.9. The van der Waals surface area contributed by atoms with Crippen molar-refractivity contribution in [2.75, 3.05) is 0 Å². The molecule has 0 saturated carbocycles. The van der Waals surface area contributed by atoms with Gasteiger partial charge in [-0.3, -0.25) is 0 Å². The van der Waals surface area contributed by atoms with Gasteiger partial charge in [-0.25, -0.2) is 0 Å². The molecule has 0 fully saturated rings. The first-order valence-corrected chi connectivity index (χ1v) is 8.96. The summed E-state index contributed by atoms with van der Waals surface area (Å²) in [5.74, 6) is 0. The second kappa shape index (κ2) is 6.16. The van der Waals surface area contributed by atoms with Gasteiger partial charge < -0.3 is 0 Å². The van der Waals surface area contributed by atoms with E-state index in [1.165, 1.54) is 43.8 Å². The molecule has 0 bridgehead atoms. The number of benzene rings is 5. The van der Waals surface area contributed by atoms with Crippen LogP contribution in [0, 0.1) is 0 Å². The van der Waals surface area contributed by atoms with E-state index in [0.717, 1.165) is 0 Å². The molecule has 122 valence electrons. The lowest BCUT2D eigenvalue weighted by atomic mass is 9.91. The molecule has 26 heavy (non-hydrogen) atoms. The van der Waals surface area contributed by atoms with Crippen LogP contribution in [0.1, 0.15) is 0 Å². The van der Waals surface area contributed by atoms with Gasteiger partial charge in [0.15, 0.2) is 0 Å². The summed E-state index contributed by atoms with van der Waals surface area (Å²) in [5, 5.41) is 5.15. The van der Waals surface area contributed by atoms with E-state index in [4.69, 9.17) is 0 Å². The Morgan fingerprint density at radius 1 is 0.346 bits per heavy atom. The van der Waals surface area contributed by atoms with Crippen molar-refractivity contribution in [2.45, 2.75) is 0 Å². The quantitative estimate of drug-likeness (QED) is 0.318. The van der Waals surface area contributed by atoms with Crippen LogP contribution < -0.4 is 0 Å². The van der Waals surface area contributed by atoms with Crippen molar-refractivity contribution in [3.63, 3.8) is 0 Å². The van der Waals surface area contributed by atoms with E-state index in [2.05, 4.69) is 109 Å². The topological polar surface area (TPSA) is 0 Å². The highest BCUT2D eigenvalue weighted by molar-refractivity contribution is 6.07. The molecule has 0 saturated heterocycles. The summed E-state index contributed by atoms with van der Waals surface area (Å²) in [6, 6.07) is 39.1. The average molecular weight is 330 g/mol. The van der Waals surface area contributed by atoms with E-state index in [-0.39, 0.29) is 0 Å². The van der Waals surface area contributed by atoms with Gasteiger partial charge in [0.1, 0.15) is 0 Å². The van der Waals surface area contributed by atoms with E-state index in [0.29, 0.717) is 0 Å². The fourth-order valence-corrected chi connectivity index (χ4v) is 3.80. The summed E-state index contributed by atoms with van der Waals surface area (Å²) in [4.78, 5) is 0.